The summed E-state index contributed by atoms with van der Waals surface area (Å²) in [5.41, 5.74) is 0.599. The van der Waals surface area contributed by atoms with Gasteiger partial charge >= 0.3 is 5.97 Å². The summed E-state index contributed by atoms with van der Waals surface area (Å²) in [6.07, 6.45) is 2.25. The summed E-state index contributed by atoms with van der Waals surface area (Å²) < 4.78 is 2.72. The largest absolute Gasteiger partial charge is 0.481 e. The van der Waals surface area contributed by atoms with E-state index in [-0.39, 0.29) is 6.42 Å². The van der Waals surface area contributed by atoms with E-state index in [1.165, 1.54) is 23.1 Å². The molecule has 0 aromatic carbocycles. The molecule has 100 valence electrons. The van der Waals surface area contributed by atoms with Crippen LogP contribution in [-0.2, 0) is 17.0 Å². The van der Waals surface area contributed by atoms with Gasteiger partial charge in [0.2, 0.25) is 0 Å². The molecule has 2 aromatic rings. The first kappa shape index (κ1) is 12.5. The Morgan fingerprint density at radius 1 is 1.58 bits per heavy atom. The van der Waals surface area contributed by atoms with E-state index >= 15 is 0 Å². The fourth-order valence-corrected chi connectivity index (χ4v) is 3.39. The SMILES string of the molecule is O=C(O)Cc1csc(SCc2nnnn2C2CC2)n1. The molecule has 0 bridgehead atoms. The average Bonchev–Trinajstić information content (AvgIpc) is 2.94. The molecule has 3 rings (SSSR count). The van der Waals surface area contributed by atoms with Gasteiger partial charge in [-0.3, -0.25) is 4.79 Å². The number of aliphatic carboxylic acids is 1. The molecule has 2 aromatic heterocycles. The topological polar surface area (TPSA) is 93.8 Å². The standard InChI is InChI=1S/C10H11N5O2S2/c16-9(17)3-6-4-18-10(11-6)19-5-8-12-13-14-15(8)7-1-2-7/h4,7H,1-3,5H2,(H,16,17). The number of rotatable bonds is 6. The Kier molecular flexibility index (Phi) is 3.47. The number of thioether (sulfide) groups is 1. The minimum absolute atomic E-state index is 0.0309. The third-order valence-electron chi connectivity index (χ3n) is 2.64. The first-order chi connectivity index (χ1) is 9.22. The van der Waals surface area contributed by atoms with Crippen LogP contribution >= 0.6 is 23.1 Å². The van der Waals surface area contributed by atoms with Crippen LogP contribution in [0.25, 0.3) is 0 Å². The number of carbonyl (C=O) groups is 1. The van der Waals surface area contributed by atoms with Crippen LogP contribution in [0.1, 0.15) is 30.4 Å². The van der Waals surface area contributed by atoms with Crippen molar-refractivity contribution in [1.82, 2.24) is 25.2 Å². The second-order valence-electron chi connectivity index (χ2n) is 4.23. The molecule has 0 unspecified atom stereocenters. The Balaban J connectivity index is 1.60. The van der Waals surface area contributed by atoms with Crippen LogP contribution in [0.3, 0.4) is 0 Å². The molecule has 7 nitrogen and oxygen atoms in total. The van der Waals surface area contributed by atoms with Crippen LogP contribution in [0, 0.1) is 0 Å². The molecule has 0 radical (unpaired) electrons. The van der Waals surface area contributed by atoms with Gasteiger partial charge in [0.05, 0.1) is 23.9 Å². The predicted molar refractivity (Wildman–Crippen MR) is 69.1 cm³/mol. The molecule has 1 saturated carbocycles. The van der Waals surface area contributed by atoms with Gasteiger partial charge in [0.25, 0.3) is 0 Å². The van der Waals surface area contributed by atoms with Gasteiger partial charge in [-0.15, -0.1) is 16.4 Å². The smallest absolute Gasteiger partial charge is 0.309 e. The summed E-state index contributed by atoms with van der Waals surface area (Å²) >= 11 is 2.99. The van der Waals surface area contributed by atoms with Crippen LogP contribution in [0.2, 0.25) is 0 Å². The van der Waals surface area contributed by atoms with Gasteiger partial charge in [-0.2, -0.15) is 0 Å². The van der Waals surface area contributed by atoms with Crippen molar-refractivity contribution in [2.75, 3.05) is 0 Å². The second-order valence-corrected chi connectivity index (χ2v) is 6.32. The molecule has 1 aliphatic rings. The quantitative estimate of drug-likeness (QED) is 0.805. The highest BCUT2D eigenvalue weighted by Gasteiger charge is 2.27. The zero-order valence-electron chi connectivity index (χ0n) is 9.89. The van der Waals surface area contributed by atoms with E-state index in [1.54, 1.807) is 5.38 Å². The monoisotopic (exact) mass is 297 g/mol. The van der Waals surface area contributed by atoms with Crippen LogP contribution < -0.4 is 0 Å². The van der Waals surface area contributed by atoms with Gasteiger partial charge in [0.1, 0.15) is 0 Å². The molecule has 0 amide bonds. The fourth-order valence-electron chi connectivity index (χ4n) is 1.63. The van der Waals surface area contributed by atoms with Crippen molar-refractivity contribution in [1.29, 1.82) is 0 Å². The molecule has 2 heterocycles. The molecule has 9 heteroatoms. The predicted octanol–water partition coefficient (Wildman–Crippen LogP) is 1.38. The van der Waals surface area contributed by atoms with Crippen molar-refractivity contribution in [2.24, 2.45) is 0 Å². The number of hydrogen-bond acceptors (Lipinski definition) is 7. The van der Waals surface area contributed by atoms with E-state index < -0.39 is 5.97 Å². The van der Waals surface area contributed by atoms with E-state index in [2.05, 4.69) is 20.5 Å². The third kappa shape index (κ3) is 3.10. The number of tetrazole rings is 1. The van der Waals surface area contributed by atoms with E-state index in [4.69, 9.17) is 5.11 Å². The maximum Gasteiger partial charge on any atom is 0.309 e. The third-order valence-corrected chi connectivity index (χ3v) is 4.71. The molecule has 1 aliphatic carbocycles. The molecule has 0 aliphatic heterocycles. The highest BCUT2D eigenvalue weighted by atomic mass is 32.2. The molecule has 1 N–H and O–H groups in total. The van der Waals surface area contributed by atoms with Gasteiger partial charge < -0.3 is 5.11 Å². The first-order valence-electron chi connectivity index (χ1n) is 5.78. The molecule has 1 fully saturated rings. The maximum atomic E-state index is 10.6. The Bertz CT molecular complexity index is 592. The van der Waals surface area contributed by atoms with Gasteiger partial charge in [0, 0.05) is 5.38 Å². The Labute approximate surface area is 117 Å². The average molecular weight is 297 g/mol. The van der Waals surface area contributed by atoms with Crippen molar-refractivity contribution < 1.29 is 9.90 Å². The summed E-state index contributed by atoms with van der Waals surface area (Å²) in [7, 11) is 0. The lowest BCUT2D eigenvalue weighted by molar-refractivity contribution is -0.136. The van der Waals surface area contributed by atoms with E-state index in [0.717, 1.165) is 23.0 Å². The molecule has 0 atom stereocenters. The van der Waals surface area contributed by atoms with Crippen molar-refractivity contribution in [3.8, 4) is 0 Å². The summed E-state index contributed by atoms with van der Waals surface area (Å²) in [5, 5.41) is 22.2. The van der Waals surface area contributed by atoms with E-state index in [9.17, 15) is 4.79 Å². The fraction of sp³-hybridized carbons (Fsp3) is 0.500. The van der Waals surface area contributed by atoms with E-state index in [1.807, 2.05) is 4.68 Å². The molecule has 0 spiro atoms. The normalized spacial score (nSPS) is 14.7. The summed E-state index contributed by atoms with van der Waals surface area (Å²) in [4.78, 5) is 14.8. The minimum atomic E-state index is -0.862. The van der Waals surface area contributed by atoms with Gasteiger partial charge in [-0.1, -0.05) is 11.8 Å². The Hall–Kier alpha value is -1.48. The van der Waals surface area contributed by atoms with Crippen molar-refractivity contribution in [3.05, 3.63) is 16.9 Å². The number of thiazole rings is 1. The zero-order valence-corrected chi connectivity index (χ0v) is 11.5. The van der Waals surface area contributed by atoms with Crippen molar-refractivity contribution in [2.45, 2.75) is 35.4 Å². The molecule has 0 saturated heterocycles. The number of carboxylic acids is 1. The van der Waals surface area contributed by atoms with Crippen LogP contribution in [0.4, 0.5) is 0 Å². The highest BCUT2D eigenvalue weighted by Crippen LogP contribution is 2.35. The van der Waals surface area contributed by atoms with Gasteiger partial charge in [-0.05, 0) is 23.3 Å². The van der Waals surface area contributed by atoms with Gasteiger partial charge in [-0.25, -0.2) is 9.67 Å². The second kappa shape index (κ2) is 5.25. The minimum Gasteiger partial charge on any atom is -0.481 e. The molecular weight excluding hydrogens is 286 g/mol. The lowest BCUT2D eigenvalue weighted by Crippen LogP contribution is -2.02. The number of nitrogens with zero attached hydrogens (tertiary/aromatic N) is 5. The Morgan fingerprint density at radius 3 is 3.16 bits per heavy atom. The van der Waals surface area contributed by atoms with Crippen LogP contribution in [0.5, 0.6) is 0 Å². The van der Waals surface area contributed by atoms with Crippen molar-refractivity contribution in [3.63, 3.8) is 0 Å². The van der Waals surface area contributed by atoms with E-state index in [0.29, 0.717) is 17.5 Å². The lowest BCUT2D eigenvalue weighted by atomic mass is 10.3. The number of aromatic nitrogens is 5. The lowest BCUT2D eigenvalue weighted by Gasteiger charge is -2.00. The summed E-state index contributed by atoms with van der Waals surface area (Å²) in [6, 6.07) is 0.462. The Morgan fingerprint density at radius 2 is 2.42 bits per heavy atom. The number of hydrogen-bond donors (Lipinski definition) is 1. The summed E-state index contributed by atoms with van der Waals surface area (Å²) in [6.45, 7) is 0. The molecule has 19 heavy (non-hydrogen) atoms. The highest BCUT2D eigenvalue weighted by molar-refractivity contribution is 8.00. The van der Waals surface area contributed by atoms with Crippen molar-refractivity contribution >= 4 is 29.1 Å². The first-order valence-corrected chi connectivity index (χ1v) is 7.64. The summed E-state index contributed by atoms with van der Waals surface area (Å²) in [5.74, 6) is 0.644. The maximum absolute atomic E-state index is 10.6. The van der Waals surface area contributed by atoms with Crippen LogP contribution in [0.15, 0.2) is 9.72 Å². The zero-order chi connectivity index (χ0) is 13.2. The number of carboxylic acid groups (broad SMARTS) is 1. The van der Waals surface area contributed by atoms with Gasteiger partial charge in [0.15, 0.2) is 10.2 Å². The van der Waals surface area contributed by atoms with Crippen LogP contribution in [-0.4, -0.2) is 36.3 Å². The molecular formula is C10H11N5O2S2.